The molecule has 0 aromatic rings. The molecule has 0 radical (unpaired) electrons. The van der Waals surface area contributed by atoms with E-state index in [0.29, 0.717) is 16.7 Å². The number of nitrogens with zero attached hydrogens (tertiary/aromatic N) is 1. The lowest BCUT2D eigenvalue weighted by Crippen LogP contribution is -2.25. The van der Waals surface area contributed by atoms with Gasteiger partial charge in [-0.05, 0) is 57.3 Å². The molecule has 3 aliphatic carbocycles. The van der Waals surface area contributed by atoms with Gasteiger partial charge >= 0.3 is 0 Å². The van der Waals surface area contributed by atoms with Crippen LogP contribution in [0.3, 0.4) is 0 Å². The predicted octanol–water partition coefficient (Wildman–Crippen LogP) is 2.71. The van der Waals surface area contributed by atoms with Gasteiger partial charge < -0.3 is 4.55 Å². The highest BCUT2D eigenvalue weighted by Crippen LogP contribution is 2.91. The monoisotopic (exact) mass is 225 g/mol. The van der Waals surface area contributed by atoms with Crippen LogP contribution in [0, 0.1) is 16.7 Å². The molecule has 1 atom stereocenters. The molecule has 1 unspecified atom stereocenters. The van der Waals surface area contributed by atoms with E-state index in [-0.39, 0.29) is 4.75 Å². The van der Waals surface area contributed by atoms with E-state index in [2.05, 4.69) is 4.40 Å². The summed E-state index contributed by atoms with van der Waals surface area (Å²) in [5.74, 6) is 0.677. The molecule has 3 rings (SSSR count). The fourth-order valence-corrected chi connectivity index (χ4v) is 3.77. The van der Waals surface area contributed by atoms with Gasteiger partial charge in [-0.25, -0.2) is 0 Å². The quantitative estimate of drug-likeness (QED) is 0.525. The van der Waals surface area contributed by atoms with E-state index in [0.717, 1.165) is 0 Å². The van der Waals surface area contributed by atoms with E-state index in [1.807, 2.05) is 27.0 Å². The molecule has 3 aliphatic rings. The Hall–Kier alpha value is -0.0200. The Morgan fingerprint density at radius 3 is 2.00 bits per heavy atom. The van der Waals surface area contributed by atoms with Crippen LogP contribution >= 0.6 is 0 Å². The normalized spacial score (nSPS) is 36.1. The first-order chi connectivity index (χ1) is 6.92. The summed E-state index contributed by atoms with van der Waals surface area (Å²) in [4.78, 5) is 0. The van der Waals surface area contributed by atoms with E-state index in [1.54, 1.807) is 0 Å². The van der Waals surface area contributed by atoms with Crippen molar-refractivity contribution < 1.29 is 4.55 Å². The average Bonchev–Trinajstić information content (AvgIpc) is 2.98. The highest BCUT2D eigenvalue weighted by atomic mass is 32.2. The molecule has 0 heterocycles. The van der Waals surface area contributed by atoms with Gasteiger partial charge in [0.05, 0.1) is 6.21 Å². The van der Waals surface area contributed by atoms with Crippen LogP contribution in [0.5, 0.6) is 0 Å². The second kappa shape index (κ2) is 2.62. The van der Waals surface area contributed by atoms with Crippen molar-refractivity contribution in [2.24, 2.45) is 21.1 Å². The topological polar surface area (TPSA) is 35.4 Å². The van der Waals surface area contributed by atoms with E-state index in [1.165, 1.54) is 25.7 Å². The molecule has 0 aromatic carbocycles. The van der Waals surface area contributed by atoms with E-state index in [4.69, 9.17) is 0 Å². The van der Waals surface area contributed by atoms with Crippen LogP contribution in [-0.2, 0) is 11.4 Å². The summed E-state index contributed by atoms with van der Waals surface area (Å²) in [6.45, 7) is 5.94. The van der Waals surface area contributed by atoms with Gasteiger partial charge in [0.2, 0.25) is 0 Å². The molecule has 0 amide bonds. The number of hydrogen-bond donors (Lipinski definition) is 0. The molecular weight excluding hydrogens is 206 g/mol. The third kappa shape index (κ3) is 1.26. The fourth-order valence-electron chi connectivity index (χ4n) is 3.22. The van der Waals surface area contributed by atoms with Gasteiger partial charge in [0.15, 0.2) is 0 Å². The van der Waals surface area contributed by atoms with Crippen molar-refractivity contribution in [3.8, 4) is 0 Å². The Morgan fingerprint density at radius 1 is 1.20 bits per heavy atom. The molecule has 0 saturated heterocycles. The van der Waals surface area contributed by atoms with Crippen molar-refractivity contribution in [2.45, 2.75) is 51.2 Å². The first kappa shape index (κ1) is 10.2. The van der Waals surface area contributed by atoms with E-state index < -0.39 is 11.4 Å². The maximum Gasteiger partial charge on any atom is 0.144 e. The average molecular weight is 225 g/mol. The summed E-state index contributed by atoms with van der Waals surface area (Å²) in [5, 5.41) is 0. The van der Waals surface area contributed by atoms with Crippen LogP contribution in [0.2, 0.25) is 0 Å². The highest BCUT2D eigenvalue weighted by molar-refractivity contribution is 7.91. The largest absolute Gasteiger partial charge is 0.591 e. The lowest BCUT2D eigenvalue weighted by Gasteiger charge is -2.17. The molecule has 0 aromatic heterocycles. The van der Waals surface area contributed by atoms with Crippen LogP contribution in [0.4, 0.5) is 0 Å². The van der Waals surface area contributed by atoms with Crippen LogP contribution in [0.25, 0.3) is 0 Å². The van der Waals surface area contributed by atoms with Gasteiger partial charge in [0.25, 0.3) is 0 Å². The Morgan fingerprint density at radius 2 is 1.67 bits per heavy atom. The summed E-state index contributed by atoms with van der Waals surface area (Å²) in [6.07, 6.45) is 7.61. The fraction of sp³-hybridized carbons (Fsp3) is 0.917. The second-order valence-corrected chi connectivity index (χ2v) is 8.34. The van der Waals surface area contributed by atoms with Crippen LogP contribution in [0.1, 0.15) is 46.5 Å². The summed E-state index contributed by atoms with van der Waals surface area (Å²) in [7, 11) is 0. The van der Waals surface area contributed by atoms with Gasteiger partial charge in [-0.1, -0.05) is 4.40 Å². The summed E-state index contributed by atoms with van der Waals surface area (Å²) < 4.78 is 15.8. The molecule has 3 fully saturated rings. The minimum Gasteiger partial charge on any atom is -0.591 e. The van der Waals surface area contributed by atoms with Gasteiger partial charge in [-0.2, -0.15) is 0 Å². The Balaban J connectivity index is 1.65. The van der Waals surface area contributed by atoms with Crippen molar-refractivity contribution in [3.63, 3.8) is 0 Å². The number of fused-ring (bicyclic) bond motifs is 1. The Kier molecular flexibility index (Phi) is 1.77. The smallest absolute Gasteiger partial charge is 0.144 e. The standard InChI is InChI=1S/C12H19NOS/c1-10(2,3)15(14)13-8-9-11(4-5-11)12(9)6-7-12/h8-9H,4-7H2,1-3H3/b13-8+. The van der Waals surface area contributed by atoms with Gasteiger partial charge in [0.1, 0.15) is 16.1 Å². The van der Waals surface area contributed by atoms with Crippen LogP contribution in [0.15, 0.2) is 4.40 Å². The van der Waals surface area contributed by atoms with E-state index >= 15 is 0 Å². The van der Waals surface area contributed by atoms with Crippen molar-refractivity contribution in [1.29, 1.82) is 0 Å². The zero-order valence-electron chi connectivity index (χ0n) is 9.75. The SMILES string of the molecule is CC(C)(C)[S+]([O-])/N=C/C1C2(CC2)C12CC2. The lowest BCUT2D eigenvalue weighted by atomic mass is 10.3. The van der Waals surface area contributed by atoms with Gasteiger partial charge in [-0.3, -0.25) is 0 Å². The first-order valence-electron chi connectivity index (χ1n) is 5.89. The zero-order chi connectivity index (χ0) is 10.9. The molecule has 3 heteroatoms. The van der Waals surface area contributed by atoms with Crippen molar-refractivity contribution >= 4 is 17.6 Å². The maximum atomic E-state index is 11.8. The molecule has 3 saturated carbocycles. The van der Waals surface area contributed by atoms with Gasteiger partial charge in [-0.15, -0.1) is 0 Å². The van der Waals surface area contributed by atoms with E-state index in [9.17, 15) is 4.55 Å². The third-order valence-electron chi connectivity index (χ3n) is 4.51. The highest BCUT2D eigenvalue weighted by Gasteiger charge is 2.86. The van der Waals surface area contributed by atoms with Gasteiger partial charge in [0, 0.05) is 5.92 Å². The molecule has 0 N–H and O–H groups in total. The molecule has 84 valence electrons. The molecule has 2 nitrogen and oxygen atoms in total. The van der Waals surface area contributed by atoms with Crippen LogP contribution < -0.4 is 0 Å². The summed E-state index contributed by atoms with van der Waals surface area (Å²) in [5.41, 5.74) is 1.30. The predicted molar refractivity (Wildman–Crippen MR) is 63.2 cm³/mol. The zero-order valence-corrected chi connectivity index (χ0v) is 10.6. The van der Waals surface area contributed by atoms with Crippen molar-refractivity contribution in [1.82, 2.24) is 0 Å². The number of rotatable bonds is 2. The van der Waals surface area contributed by atoms with Crippen molar-refractivity contribution in [3.05, 3.63) is 0 Å². The third-order valence-corrected chi connectivity index (χ3v) is 5.87. The molecule has 2 spiro atoms. The number of hydrogen-bond acceptors (Lipinski definition) is 2. The minimum absolute atomic E-state index is 0.210. The summed E-state index contributed by atoms with van der Waals surface area (Å²) in [6, 6.07) is 0. The Labute approximate surface area is 94.9 Å². The molecule has 15 heavy (non-hydrogen) atoms. The van der Waals surface area contributed by atoms with Crippen LogP contribution in [-0.4, -0.2) is 15.5 Å². The molecular formula is C12H19NOS. The molecule has 0 aliphatic heterocycles. The van der Waals surface area contributed by atoms with Crippen molar-refractivity contribution in [2.75, 3.05) is 0 Å². The Bertz CT molecular complexity index is 305. The minimum atomic E-state index is -1.06. The maximum absolute atomic E-state index is 11.8. The molecule has 0 bridgehead atoms. The first-order valence-corrected chi connectivity index (χ1v) is 6.99. The lowest BCUT2D eigenvalue weighted by molar-refractivity contribution is 0.561. The summed E-state index contributed by atoms with van der Waals surface area (Å²) >= 11 is -1.06. The second-order valence-electron chi connectivity index (χ2n) is 6.41.